The molecule has 1 aromatic heterocycles. The summed E-state index contributed by atoms with van der Waals surface area (Å²) in [7, 11) is 1.61. The van der Waals surface area contributed by atoms with Crippen molar-refractivity contribution >= 4 is 22.9 Å². The van der Waals surface area contributed by atoms with Gasteiger partial charge in [-0.05, 0) is 42.8 Å². The number of nitrogens with one attached hydrogen (secondary N) is 1. The molecule has 2 aromatic carbocycles. The van der Waals surface area contributed by atoms with Crippen molar-refractivity contribution in [2.24, 2.45) is 0 Å². The molecule has 0 fully saturated rings. The number of hydrogen-bond donors (Lipinski definition) is 1. The molecule has 0 saturated carbocycles. The van der Waals surface area contributed by atoms with Crippen LogP contribution in [0.15, 0.2) is 47.8 Å². The first-order valence-electron chi connectivity index (χ1n) is 7.89. The molecule has 0 unspecified atom stereocenters. The number of aromatic nitrogens is 1. The summed E-state index contributed by atoms with van der Waals surface area (Å²) in [6.07, 6.45) is 0.466. The van der Waals surface area contributed by atoms with Crippen molar-refractivity contribution in [3.05, 3.63) is 65.2 Å². The third kappa shape index (κ3) is 4.23. The summed E-state index contributed by atoms with van der Waals surface area (Å²) in [6.45, 7) is 0. The van der Waals surface area contributed by atoms with Crippen LogP contribution in [0.4, 0.5) is 14.5 Å². The lowest BCUT2D eigenvalue weighted by Crippen LogP contribution is -2.14. The number of benzene rings is 2. The molecule has 0 atom stereocenters. The lowest BCUT2D eigenvalue weighted by atomic mass is 10.2. The molecular formula is C19H16F2N2O2S. The Morgan fingerprint density at radius 2 is 1.85 bits per heavy atom. The summed E-state index contributed by atoms with van der Waals surface area (Å²) in [6, 6.07) is 11.0. The summed E-state index contributed by atoms with van der Waals surface area (Å²) in [5.41, 5.74) is 1.29. The molecule has 1 N–H and O–H groups in total. The SMILES string of the molecule is COc1ccc(-c2nc(CCC(=O)Nc3c(F)cccc3F)cs2)cc1. The highest BCUT2D eigenvalue weighted by Crippen LogP contribution is 2.26. The zero-order chi connectivity index (χ0) is 18.5. The molecule has 3 rings (SSSR count). The van der Waals surface area contributed by atoms with Crippen LogP contribution in [-0.4, -0.2) is 18.0 Å². The molecule has 7 heteroatoms. The van der Waals surface area contributed by atoms with Crippen LogP contribution in [0.2, 0.25) is 0 Å². The maximum atomic E-state index is 13.5. The monoisotopic (exact) mass is 374 g/mol. The molecule has 0 saturated heterocycles. The first kappa shape index (κ1) is 18.0. The molecule has 134 valence electrons. The van der Waals surface area contributed by atoms with Gasteiger partial charge >= 0.3 is 0 Å². The summed E-state index contributed by atoms with van der Waals surface area (Å²) in [5, 5.41) is 4.98. The van der Waals surface area contributed by atoms with Crippen molar-refractivity contribution in [2.45, 2.75) is 12.8 Å². The second-order valence-electron chi connectivity index (χ2n) is 5.52. The minimum Gasteiger partial charge on any atom is -0.497 e. The third-order valence-corrected chi connectivity index (χ3v) is 4.66. The van der Waals surface area contributed by atoms with Crippen LogP contribution in [0, 0.1) is 11.6 Å². The van der Waals surface area contributed by atoms with Crippen LogP contribution in [0.5, 0.6) is 5.75 Å². The Labute approximate surface area is 153 Å². The molecular weight excluding hydrogens is 358 g/mol. The smallest absolute Gasteiger partial charge is 0.224 e. The van der Waals surface area contributed by atoms with Gasteiger partial charge in [-0.2, -0.15) is 0 Å². The van der Waals surface area contributed by atoms with Crippen molar-refractivity contribution in [1.29, 1.82) is 0 Å². The predicted octanol–water partition coefficient (Wildman–Crippen LogP) is 4.67. The van der Waals surface area contributed by atoms with E-state index in [1.54, 1.807) is 7.11 Å². The topological polar surface area (TPSA) is 51.2 Å². The van der Waals surface area contributed by atoms with Gasteiger partial charge in [0.25, 0.3) is 0 Å². The maximum Gasteiger partial charge on any atom is 0.224 e. The summed E-state index contributed by atoms with van der Waals surface area (Å²) < 4.78 is 32.2. The second-order valence-corrected chi connectivity index (χ2v) is 6.38. The van der Waals surface area contributed by atoms with Crippen LogP contribution in [0.3, 0.4) is 0 Å². The number of thiazole rings is 1. The molecule has 0 aliphatic rings. The fourth-order valence-corrected chi connectivity index (χ4v) is 3.21. The van der Waals surface area contributed by atoms with E-state index >= 15 is 0 Å². The number of methoxy groups -OCH3 is 1. The highest BCUT2D eigenvalue weighted by molar-refractivity contribution is 7.13. The number of ether oxygens (including phenoxy) is 1. The van der Waals surface area contributed by atoms with Crippen molar-refractivity contribution < 1.29 is 18.3 Å². The van der Waals surface area contributed by atoms with Crippen LogP contribution < -0.4 is 10.1 Å². The number of hydrogen-bond acceptors (Lipinski definition) is 4. The van der Waals surface area contributed by atoms with E-state index in [-0.39, 0.29) is 6.42 Å². The molecule has 1 heterocycles. The standard InChI is InChI=1S/C19H16F2N2O2S/c1-25-14-8-5-12(6-9-14)19-22-13(11-26-19)7-10-17(24)23-18-15(20)3-2-4-16(18)21/h2-6,8-9,11H,7,10H2,1H3,(H,23,24). The minimum absolute atomic E-state index is 0.0829. The van der Waals surface area contributed by atoms with Gasteiger partial charge in [-0.15, -0.1) is 11.3 Å². The Balaban J connectivity index is 1.60. The number of para-hydroxylation sites is 1. The average Bonchev–Trinajstić information content (AvgIpc) is 3.12. The number of amides is 1. The van der Waals surface area contributed by atoms with Gasteiger partial charge in [0.2, 0.25) is 5.91 Å². The average molecular weight is 374 g/mol. The van der Waals surface area contributed by atoms with Gasteiger partial charge in [0, 0.05) is 17.4 Å². The van der Waals surface area contributed by atoms with Gasteiger partial charge in [-0.25, -0.2) is 13.8 Å². The van der Waals surface area contributed by atoms with E-state index in [4.69, 9.17) is 4.74 Å². The van der Waals surface area contributed by atoms with Crippen LogP contribution >= 0.6 is 11.3 Å². The highest BCUT2D eigenvalue weighted by Gasteiger charge is 2.13. The molecule has 0 spiro atoms. The normalized spacial score (nSPS) is 10.6. The summed E-state index contributed by atoms with van der Waals surface area (Å²) in [4.78, 5) is 16.5. The number of aryl methyl sites for hydroxylation is 1. The number of carbonyl (C=O) groups is 1. The Kier molecular flexibility index (Phi) is 5.58. The second kappa shape index (κ2) is 8.05. The Morgan fingerprint density at radius 1 is 1.15 bits per heavy atom. The zero-order valence-electron chi connectivity index (χ0n) is 14.0. The van der Waals surface area contributed by atoms with E-state index < -0.39 is 23.2 Å². The molecule has 3 aromatic rings. The number of halogens is 2. The molecule has 0 radical (unpaired) electrons. The van der Waals surface area contributed by atoms with Crippen molar-refractivity contribution in [2.75, 3.05) is 12.4 Å². The Morgan fingerprint density at radius 3 is 2.50 bits per heavy atom. The maximum absolute atomic E-state index is 13.5. The number of anilines is 1. The van der Waals surface area contributed by atoms with E-state index in [2.05, 4.69) is 10.3 Å². The fraction of sp³-hybridized carbons (Fsp3) is 0.158. The minimum atomic E-state index is -0.797. The molecule has 1 amide bonds. The van der Waals surface area contributed by atoms with Gasteiger partial charge in [-0.3, -0.25) is 4.79 Å². The van der Waals surface area contributed by atoms with E-state index in [1.807, 2.05) is 29.6 Å². The van der Waals surface area contributed by atoms with Gasteiger partial charge in [0.1, 0.15) is 28.1 Å². The van der Waals surface area contributed by atoms with E-state index in [0.29, 0.717) is 6.42 Å². The van der Waals surface area contributed by atoms with Gasteiger partial charge in [0.05, 0.1) is 12.8 Å². The number of nitrogens with zero attached hydrogens (tertiary/aromatic N) is 1. The highest BCUT2D eigenvalue weighted by atomic mass is 32.1. The molecule has 4 nitrogen and oxygen atoms in total. The molecule has 0 bridgehead atoms. The quantitative estimate of drug-likeness (QED) is 0.682. The number of rotatable bonds is 6. The van der Waals surface area contributed by atoms with Crippen LogP contribution in [0.1, 0.15) is 12.1 Å². The lowest BCUT2D eigenvalue weighted by Gasteiger charge is -2.06. The van der Waals surface area contributed by atoms with Crippen LogP contribution in [-0.2, 0) is 11.2 Å². The van der Waals surface area contributed by atoms with E-state index in [9.17, 15) is 13.6 Å². The third-order valence-electron chi connectivity index (χ3n) is 3.72. The summed E-state index contributed by atoms with van der Waals surface area (Å²) >= 11 is 1.47. The first-order chi connectivity index (χ1) is 12.6. The van der Waals surface area contributed by atoms with Crippen molar-refractivity contribution in [3.63, 3.8) is 0 Å². The first-order valence-corrected chi connectivity index (χ1v) is 8.77. The Bertz CT molecular complexity index is 890. The molecule has 0 aliphatic carbocycles. The van der Waals surface area contributed by atoms with E-state index in [1.165, 1.54) is 17.4 Å². The van der Waals surface area contributed by atoms with Gasteiger partial charge < -0.3 is 10.1 Å². The van der Waals surface area contributed by atoms with Crippen LogP contribution in [0.25, 0.3) is 10.6 Å². The van der Waals surface area contributed by atoms with Crippen molar-refractivity contribution in [3.8, 4) is 16.3 Å². The fourth-order valence-electron chi connectivity index (χ4n) is 2.35. The summed E-state index contributed by atoms with van der Waals surface area (Å²) in [5.74, 6) is -1.29. The van der Waals surface area contributed by atoms with Gasteiger partial charge in [0.15, 0.2) is 0 Å². The zero-order valence-corrected chi connectivity index (χ0v) is 14.8. The van der Waals surface area contributed by atoms with Crippen molar-refractivity contribution in [1.82, 2.24) is 4.98 Å². The van der Waals surface area contributed by atoms with E-state index in [0.717, 1.165) is 34.1 Å². The molecule has 26 heavy (non-hydrogen) atoms. The van der Waals surface area contributed by atoms with Gasteiger partial charge in [-0.1, -0.05) is 6.07 Å². The predicted molar refractivity (Wildman–Crippen MR) is 97.4 cm³/mol. The number of carbonyl (C=O) groups excluding carboxylic acids is 1. The lowest BCUT2D eigenvalue weighted by molar-refractivity contribution is -0.116. The largest absolute Gasteiger partial charge is 0.497 e. The Hall–Kier alpha value is -2.80. The molecule has 0 aliphatic heterocycles.